The second-order valence-electron chi connectivity index (χ2n) is 8.31. The van der Waals surface area contributed by atoms with Gasteiger partial charge in [-0.1, -0.05) is 26.0 Å². The molecule has 2 fully saturated rings. The van der Waals surface area contributed by atoms with Gasteiger partial charge in [0.05, 0.1) is 13.2 Å². The molecule has 1 spiro atoms. The summed E-state index contributed by atoms with van der Waals surface area (Å²) < 4.78 is 11.4. The van der Waals surface area contributed by atoms with Crippen LogP contribution in [0.25, 0.3) is 0 Å². The average Bonchev–Trinajstić information content (AvgIpc) is 3.30. The monoisotopic (exact) mass is 501 g/mol. The molecule has 158 valence electrons. The van der Waals surface area contributed by atoms with Gasteiger partial charge in [0.2, 0.25) is 0 Å². The third-order valence-corrected chi connectivity index (χ3v) is 5.43. The van der Waals surface area contributed by atoms with Gasteiger partial charge in [-0.25, -0.2) is 0 Å². The molecule has 5 nitrogen and oxygen atoms in total. The lowest BCUT2D eigenvalue weighted by molar-refractivity contribution is 0.156. The van der Waals surface area contributed by atoms with Crippen LogP contribution >= 0.6 is 24.0 Å². The van der Waals surface area contributed by atoms with Crippen LogP contribution in [0.15, 0.2) is 29.3 Å². The van der Waals surface area contributed by atoms with Crippen LogP contribution in [-0.4, -0.2) is 56.9 Å². The van der Waals surface area contributed by atoms with E-state index in [1.165, 1.54) is 18.4 Å². The lowest BCUT2D eigenvalue weighted by Gasteiger charge is -2.25. The Morgan fingerprint density at radius 1 is 1.29 bits per heavy atom. The Morgan fingerprint density at radius 2 is 2.07 bits per heavy atom. The fourth-order valence-electron chi connectivity index (χ4n) is 3.82. The SMILES string of the molecule is CCNC(=NCCc1ccc(OCC(C)C)cc1)N1CCC2(CCOC2)C1.I. The van der Waals surface area contributed by atoms with E-state index in [0.29, 0.717) is 11.3 Å². The van der Waals surface area contributed by atoms with Gasteiger partial charge < -0.3 is 19.7 Å². The predicted molar refractivity (Wildman–Crippen MR) is 126 cm³/mol. The smallest absolute Gasteiger partial charge is 0.193 e. The molecule has 1 unspecified atom stereocenters. The van der Waals surface area contributed by atoms with Crippen molar-refractivity contribution in [2.24, 2.45) is 16.3 Å². The standard InChI is InChI=1S/C22H35N3O2.HI/c1-4-23-21(25-13-10-22(16-25)11-14-26-17-22)24-12-9-19-5-7-20(8-6-19)27-15-18(2)3;/h5-8,18H,4,9-17H2,1-3H3,(H,23,24);1H. The van der Waals surface area contributed by atoms with Crippen molar-refractivity contribution >= 4 is 29.9 Å². The summed E-state index contributed by atoms with van der Waals surface area (Å²) >= 11 is 0. The number of halogens is 1. The first kappa shape index (κ1) is 23.3. The zero-order chi connectivity index (χ0) is 19.1. The molecule has 0 aromatic heterocycles. The van der Waals surface area contributed by atoms with Crippen LogP contribution < -0.4 is 10.1 Å². The van der Waals surface area contributed by atoms with E-state index in [1.54, 1.807) is 0 Å². The summed E-state index contributed by atoms with van der Waals surface area (Å²) in [7, 11) is 0. The van der Waals surface area contributed by atoms with Crippen LogP contribution in [0.2, 0.25) is 0 Å². The van der Waals surface area contributed by atoms with Crippen molar-refractivity contribution in [3.63, 3.8) is 0 Å². The van der Waals surface area contributed by atoms with Crippen molar-refractivity contribution in [2.75, 3.05) is 46.0 Å². The van der Waals surface area contributed by atoms with Gasteiger partial charge in [-0.15, -0.1) is 24.0 Å². The zero-order valence-electron chi connectivity index (χ0n) is 17.6. The quantitative estimate of drug-likeness (QED) is 0.349. The van der Waals surface area contributed by atoms with Gasteiger partial charge in [0.25, 0.3) is 0 Å². The molecule has 0 aliphatic carbocycles. The summed E-state index contributed by atoms with van der Waals surface area (Å²) in [6, 6.07) is 8.44. The van der Waals surface area contributed by atoms with Gasteiger partial charge in [0, 0.05) is 38.2 Å². The van der Waals surface area contributed by atoms with Crippen molar-refractivity contribution in [1.82, 2.24) is 10.2 Å². The fourth-order valence-corrected chi connectivity index (χ4v) is 3.82. The normalized spacial score (nSPS) is 22.0. The first-order chi connectivity index (χ1) is 13.1. The molecule has 1 N–H and O–H groups in total. The number of nitrogens with zero attached hydrogens (tertiary/aromatic N) is 2. The Morgan fingerprint density at radius 3 is 2.71 bits per heavy atom. The van der Waals surface area contributed by atoms with E-state index in [1.807, 2.05) is 0 Å². The minimum atomic E-state index is 0. The highest BCUT2D eigenvalue weighted by Gasteiger charge is 2.42. The topological polar surface area (TPSA) is 46.1 Å². The Labute approximate surface area is 187 Å². The molecule has 0 radical (unpaired) electrons. The second kappa shape index (κ2) is 11.2. The highest BCUT2D eigenvalue weighted by atomic mass is 127. The third kappa shape index (κ3) is 6.51. The molecule has 2 heterocycles. The summed E-state index contributed by atoms with van der Waals surface area (Å²) in [5.41, 5.74) is 1.66. The van der Waals surface area contributed by atoms with Crippen LogP contribution in [-0.2, 0) is 11.2 Å². The molecule has 2 saturated heterocycles. The van der Waals surface area contributed by atoms with Crippen molar-refractivity contribution in [1.29, 1.82) is 0 Å². The van der Waals surface area contributed by atoms with E-state index in [9.17, 15) is 0 Å². The van der Waals surface area contributed by atoms with Crippen LogP contribution in [0.3, 0.4) is 0 Å². The highest BCUT2D eigenvalue weighted by Crippen LogP contribution is 2.38. The highest BCUT2D eigenvalue weighted by molar-refractivity contribution is 14.0. The molecule has 0 bridgehead atoms. The van der Waals surface area contributed by atoms with Crippen LogP contribution in [0.1, 0.15) is 39.2 Å². The first-order valence-electron chi connectivity index (χ1n) is 10.4. The molecule has 2 aliphatic heterocycles. The molecular weight excluding hydrogens is 465 g/mol. The van der Waals surface area contributed by atoms with Crippen molar-refractivity contribution in [3.8, 4) is 5.75 Å². The molecule has 3 rings (SSSR count). The summed E-state index contributed by atoms with van der Waals surface area (Å²) in [5, 5.41) is 3.47. The number of rotatable bonds is 7. The summed E-state index contributed by atoms with van der Waals surface area (Å²) in [4.78, 5) is 7.30. The molecule has 6 heteroatoms. The van der Waals surface area contributed by atoms with Gasteiger partial charge in [-0.05, 0) is 49.8 Å². The van der Waals surface area contributed by atoms with Crippen LogP contribution in [0.5, 0.6) is 5.75 Å². The average molecular weight is 501 g/mol. The fraction of sp³-hybridized carbons (Fsp3) is 0.682. The molecule has 0 saturated carbocycles. The Bertz CT molecular complexity index is 613. The number of hydrogen-bond acceptors (Lipinski definition) is 3. The summed E-state index contributed by atoms with van der Waals surface area (Å²) in [6.45, 7) is 12.9. The number of ether oxygens (including phenoxy) is 2. The van der Waals surface area contributed by atoms with Gasteiger partial charge in [-0.2, -0.15) is 0 Å². The van der Waals surface area contributed by atoms with Crippen molar-refractivity contribution in [3.05, 3.63) is 29.8 Å². The largest absolute Gasteiger partial charge is 0.493 e. The maximum atomic E-state index is 5.76. The Hall–Kier alpha value is -1.02. The summed E-state index contributed by atoms with van der Waals surface area (Å²) in [5.74, 6) is 2.55. The van der Waals surface area contributed by atoms with E-state index < -0.39 is 0 Å². The van der Waals surface area contributed by atoms with Crippen molar-refractivity contribution in [2.45, 2.75) is 40.0 Å². The molecule has 0 amide bonds. The lowest BCUT2D eigenvalue weighted by Crippen LogP contribution is -2.41. The molecule has 2 aliphatic rings. The van der Waals surface area contributed by atoms with E-state index in [-0.39, 0.29) is 24.0 Å². The first-order valence-corrected chi connectivity index (χ1v) is 10.4. The number of likely N-dealkylation sites (tertiary alicyclic amines) is 1. The van der Waals surface area contributed by atoms with Crippen LogP contribution in [0.4, 0.5) is 0 Å². The minimum Gasteiger partial charge on any atom is -0.493 e. The lowest BCUT2D eigenvalue weighted by atomic mass is 9.87. The van der Waals surface area contributed by atoms with Crippen molar-refractivity contribution < 1.29 is 9.47 Å². The Balaban J connectivity index is 0.00000280. The summed E-state index contributed by atoms with van der Waals surface area (Å²) in [6.07, 6.45) is 3.35. The van der Waals surface area contributed by atoms with Gasteiger partial charge >= 0.3 is 0 Å². The maximum absolute atomic E-state index is 5.76. The molecule has 1 aromatic rings. The number of hydrogen-bond donors (Lipinski definition) is 1. The van der Waals surface area contributed by atoms with E-state index in [4.69, 9.17) is 14.5 Å². The number of benzene rings is 1. The number of aliphatic imine (C=N–C) groups is 1. The van der Waals surface area contributed by atoms with E-state index in [2.05, 4.69) is 55.3 Å². The molecular formula is C22H36IN3O2. The second-order valence-corrected chi connectivity index (χ2v) is 8.31. The zero-order valence-corrected chi connectivity index (χ0v) is 19.9. The van der Waals surface area contributed by atoms with E-state index >= 15 is 0 Å². The van der Waals surface area contributed by atoms with E-state index in [0.717, 1.165) is 64.1 Å². The minimum absolute atomic E-state index is 0. The Kier molecular flexibility index (Phi) is 9.34. The molecule has 1 atom stereocenters. The molecule has 28 heavy (non-hydrogen) atoms. The number of guanidine groups is 1. The maximum Gasteiger partial charge on any atom is 0.193 e. The van der Waals surface area contributed by atoms with Gasteiger partial charge in [-0.3, -0.25) is 4.99 Å². The molecule has 1 aromatic carbocycles. The predicted octanol–water partition coefficient (Wildman–Crippen LogP) is 3.96. The van der Waals surface area contributed by atoms with Gasteiger partial charge in [0.15, 0.2) is 5.96 Å². The third-order valence-electron chi connectivity index (χ3n) is 5.43. The van der Waals surface area contributed by atoms with Gasteiger partial charge in [0.1, 0.15) is 5.75 Å². The number of nitrogens with one attached hydrogen (secondary N) is 1. The van der Waals surface area contributed by atoms with Crippen LogP contribution in [0, 0.1) is 11.3 Å².